The zero-order valence-corrected chi connectivity index (χ0v) is 41.7. The average Bonchev–Trinajstić information content (AvgIpc) is 3.25. The van der Waals surface area contributed by atoms with Gasteiger partial charge >= 0.3 is 19.8 Å². The molecule has 0 aromatic rings. The molecular formula is C53H101O8P. The Morgan fingerprint density at radius 2 is 0.710 bits per heavy atom. The van der Waals surface area contributed by atoms with Gasteiger partial charge in [-0.15, -0.1) is 0 Å². The van der Waals surface area contributed by atoms with Gasteiger partial charge in [0.05, 0.1) is 6.61 Å². The van der Waals surface area contributed by atoms with Gasteiger partial charge in [-0.25, -0.2) is 4.57 Å². The van der Waals surface area contributed by atoms with Crippen molar-refractivity contribution in [1.82, 2.24) is 0 Å². The monoisotopic (exact) mass is 897 g/mol. The van der Waals surface area contributed by atoms with Crippen LogP contribution in [0.5, 0.6) is 0 Å². The summed E-state index contributed by atoms with van der Waals surface area (Å²) in [5.41, 5.74) is 0. The highest BCUT2D eigenvalue weighted by atomic mass is 31.2. The fourth-order valence-electron chi connectivity index (χ4n) is 7.99. The maximum absolute atomic E-state index is 12.5. The van der Waals surface area contributed by atoms with E-state index in [-0.39, 0.29) is 19.4 Å². The molecule has 9 heteroatoms. The van der Waals surface area contributed by atoms with Crippen LogP contribution in [-0.4, -0.2) is 41.0 Å². The Kier molecular flexibility index (Phi) is 47.8. The van der Waals surface area contributed by atoms with Crippen molar-refractivity contribution < 1.29 is 37.9 Å². The quantitative estimate of drug-likeness (QED) is 0.0268. The normalized spacial score (nSPS) is 12.5. The van der Waals surface area contributed by atoms with E-state index in [9.17, 15) is 14.2 Å². The minimum Gasteiger partial charge on any atom is -0.462 e. The Morgan fingerprint density at radius 1 is 0.403 bits per heavy atom. The zero-order chi connectivity index (χ0) is 45.3. The third-order valence-electron chi connectivity index (χ3n) is 12.0. The molecule has 0 saturated carbocycles. The average molecular weight is 897 g/mol. The first-order chi connectivity index (χ1) is 30.3. The number of phosphoric ester groups is 1. The number of allylic oxidation sites excluding steroid dienone is 4. The molecule has 0 aliphatic heterocycles. The van der Waals surface area contributed by atoms with Crippen molar-refractivity contribution in [3.8, 4) is 0 Å². The van der Waals surface area contributed by atoms with Gasteiger partial charge in [0.1, 0.15) is 6.61 Å². The predicted octanol–water partition coefficient (Wildman–Crippen LogP) is 17.1. The van der Waals surface area contributed by atoms with Crippen LogP contribution in [-0.2, 0) is 28.2 Å². The smallest absolute Gasteiger partial charge is 0.462 e. The molecule has 0 spiro atoms. The number of esters is 2. The van der Waals surface area contributed by atoms with Crippen LogP contribution in [0.2, 0.25) is 0 Å². The number of rotatable bonds is 50. The lowest BCUT2D eigenvalue weighted by Gasteiger charge is -2.18. The van der Waals surface area contributed by atoms with Crippen LogP contribution < -0.4 is 0 Å². The summed E-state index contributed by atoms with van der Waals surface area (Å²) >= 11 is 0. The number of ether oxygens (including phenoxy) is 2. The lowest BCUT2D eigenvalue weighted by atomic mass is 10.0. The van der Waals surface area contributed by atoms with Crippen molar-refractivity contribution in [2.24, 2.45) is 0 Å². The minimum absolute atomic E-state index is 0.156. The van der Waals surface area contributed by atoms with E-state index in [2.05, 4.69) is 42.7 Å². The van der Waals surface area contributed by atoms with Crippen molar-refractivity contribution in [3.05, 3.63) is 24.3 Å². The lowest BCUT2D eigenvalue weighted by Crippen LogP contribution is -2.29. The van der Waals surface area contributed by atoms with Gasteiger partial charge in [-0.1, -0.05) is 250 Å². The maximum Gasteiger partial charge on any atom is 0.469 e. The Balaban J connectivity index is 3.82. The number of carbonyl (C=O) groups excluding carboxylic acids is 2. The summed E-state index contributed by atoms with van der Waals surface area (Å²) in [7, 11) is -4.77. The zero-order valence-electron chi connectivity index (χ0n) is 40.8. The van der Waals surface area contributed by atoms with Gasteiger partial charge in [0.25, 0.3) is 0 Å². The highest BCUT2D eigenvalue weighted by molar-refractivity contribution is 7.46. The van der Waals surface area contributed by atoms with Crippen molar-refractivity contribution in [1.29, 1.82) is 0 Å². The molecule has 0 unspecified atom stereocenters. The minimum atomic E-state index is -4.77. The first-order valence-electron chi connectivity index (χ1n) is 26.6. The Bertz CT molecular complexity index is 1060. The van der Waals surface area contributed by atoms with Crippen molar-refractivity contribution in [2.75, 3.05) is 13.2 Å². The summed E-state index contributed by atoms with van der Waals surface area (Å²) < 4.78 is 26.5. The highest BCUT2D eigenvalue weighted by Gasteiger charge is 2.23. The van der Waals surface area contributed by atoms with Gasteiger partial charge in [0.15, 0.2) is 6.10 Å². The molecule has 1 atom stereocenters. The second-order valence-electron chi connectivity index (χ2n) is 18.2. The third kappa shape index (κ3) is 51.2. The predicted molar refractivity (Wildman–Crippen MR) is 262 cm³/mol. The number of carbonyl (C=O) groups is 2. The first kappa shape index (κ1) is 60.5. The Morgan fingerprint density at radius 3 is 1.08 bits per heavy atom. The number of phosphoric acid groups is 1. The molecule has 2 N–H and O–H groups in total. The number of hydrogen-bond acceptors (Lipinski definition) is 6. The van der Waals surface area contributed by atoms with E-state index in [0.29, 0.717) is 6.42 Å². The fourth-order valence-corrected chi connectivity index (χ4v) is 8.35. The van der Waals surface area contributed by atoms with Crippen molar-refractivity contribution >= 4 is 19.8 Å². The molecule has 62 heavy (non-hydrogen) atoms. The van der Waals surface area contributed by atoms with Crippen LogP contribution in [0, 0.1) is 0 Å². The van der Waals surface area contributed by atoms with E-state index in [4.69, 9.17) is 19.3 Å². The third-order valence-corrected chi connectivity index (χ3v) is 12.4. The molecule has 0 rings (SSSR count). The lowest BCUT2D eigenvalue weighted by molar-refractivity contribution is -0.161. The molecule has 0 bridgehead atoms. The second-order valence-corrected chi connectivity index (χ2v) is 19.4. The summed E-state index contributed by atoms with van der Waals surface area (Å²) in [4.78, 5) is 43.1. The van der Waals surface area contributed by atoms with Gasteiger partial charge in [0, 0.05) is 12.8 Å². The van der Waals surface area contributed by atoms with Crippen LogP contribution in [0.4, 0.5) is 0 Å². The first-order valence-corrected chi connectivity index (χ1v) is 28.2. The van der Waals surface area contributed by atoms with Gasteiger partial charge < -0.3 is 19.3 Å². The topological polar surface area (TPSA) is 119 Å². The second kappa shape index (κ2) is 49.0. The van der Waals surface area contributed by atoms with E-state index >= 15 is 0 Å². The van der Waals surface area contributed by atoms with Crippen molar-refractivity contribution in [3.63, 3.8) is 0 Å². The molecule has 0 radical (unpaired) electrons. The molecule has 0 fully saturated rings. The fraction of sp³-hybridized carbons (Fsp3) is 0.887. The summed E-state index contributed by atoms with van der Waals surface area (Å²) in [5.74, 6) is -0.917. The van der Waals surface area contributed by atoms with Crippen LogP contribution in [0.3, 0.4) is 0 Å². The standard InChI is InChI=1S/C53H101O8P/c1-3-5-7-9-11-13-15-17-19-21-23-25-26-28-30-32-34-36-38-40-42-44-46-48-53(55)61-51(50-60-62(56,57)58)49-59-52(54)47-45-43-41-39-37-35-33-31-29-27-24-22-20-18-16-14-12-10-8-6-4-2/h32,34,40,42,51H,3-31,33,35-39,41,43-50H2,1-2H3,(H2,56,57,58)/b34-32+,42-40+/t51-/m1/s1. The van der Waals surface area contributed by atoms with Crippen LogP contribution >= 0.6 is 7.82 Å². The van der Waals surface area contributed by atoms with E-state index < -0.39 is 32.5 Å². The van der Waals surface area contributed by atoms with Gasteiger partial charge in [-0.05, 0) is 44.9 Å². The molecule has 8 nitrogen and oxygen atoms in total. The molecule has 0 aliphatic carbocycles. The molecule has 0 aromatic carbocycles. The van der Waals surface area contributed by atoms with Gasteiger partial charge in [0.2, 0.25) is 0 Å². The largest absolute Gasteiger partial charge is 0.469 e. The molecular weight excluding hydrogens is 796 g/mol. The molecule has 0 heterocycles. The number of hydrogen-bond donors (Lipinski definition) is 2. The van der Waals surface area contributed by atoms with Crippen molar-refractivity contribution in [2.45, 2.75) is 290 Å². The highest BCUT2D eigenvalue weighted by Crippen LogP contribution is 2.36. The van der Waals surface area contributed by atoms with Gasteiger partial charge in [-0.3, -0.25) is 14.1 Å². The Labute approximate surface area is 383 Å². The maximum atomic E-state index is 12.5. The SMILES string of the molecule is CCCCCCCCCCCCCCCC/C=C/CC/C=C/CCCC(=O)O[C@H](COC(=O)CCCCCCCCCCCCCCCCCCCCCCC)COP(=O)(O)O. The van der Waals surface area contributed by atoms with E-state index in [1.54, 1.807) is 0 Å². The van der Waals surface area contributed by atoms with Crippen LogP contribution in [0.1, 0.15) is 284 Å². The summed E-state index contributed by atoms with van der Waals surface area (Å²) in [6.45, 7) is 3.72. The molecule has 0 amide bonds. The Hall–Kier alpha value is -1.47. The summed E-state index contributed by atoms with van der Waals surface area (Å²) in [6.07, 6.45) is 59.3. The molecule has 0 aliphatic rings. The molecule has 366 valence electrons. The van der Waals surface area contributed by atoms with E-state index in [1.807, 2.05) is 0 Å². The van der Waals surface area contributed by atoms with Crippen LogP contribution in [0.15, 0.2) is 24.3 Å². The van der Waals surface area contributed by atoms with E-state index in [1.165, 1.54) is 205 Å². The summed E-state index contributed by atoms with van der Waals surface area (Å²) in [5, 5.41) is 0. The molecule has 0 saturated heterocycles. The van der Waals surface area contributed by atoms with Crippen LogP contribution in [0.25, 0.3) is 0 Å². The molecule has 0 aromatic heterocycles. The van der Waals surface area contributed by atoms with E-state index in [0.717, 1.165) is 44.9 Å². The summed E-state index contributed by atoms with van der Waals surface area (Å²) in [6, 6.07) is 0. The number of unbranched alkanes of at least 4 members (excludes halogenated alkanes) is 36. The van der Waals surface area contributed by atoms with Gasteiger partial charge in [-0.2, -0.15) is 0 Å².